The van der Waals surface area contributed by atoms with Crippen LogP contribution in [0.1, 0.15) is 28.9 Å². The summed E-state index contributed by atoms with van der Waals surface area (Å²) in [6, 6.07) is 10.1. The Morgan fingerprint density at radius 2 is 2.18 bits per heavy atom. The van der Waals surface area contributed by atoms with Crippen molar-refractivity contribution in [3.8, 4) is 5.69 Å². The van der Waals surface area contributed by atoms with Gasteiger partial charge >= 0.3 is 0 Å². The number of hydrogen-bond donors (Lipinski definition) is 0. The van der Waals surface area contributed by atoms with Gasteiger partial charge in [0, 0.05) is 22.2 Å². The lowest BCUT2D eigenvalue weighted by Crippen LogP contribution is -2.08. The molecule has 0 bridgehead atoms. The molecule has 0 atom stereocenters. The van der Waals surface area contributed by atoms with Gasteiger partial charge in [0.25, 0.3) is 0 Å². The van der Waals surface area contributed by atoms with Crippen LogP contribution in [0.15, 0.2) is 46.9 Å². The summed E-state index contributed by atoms with van der Waals surface area (Å²) in [6.07, 6.45) is 3.00. The summed E-state index contributed by atoms with van der Waals surface area (Å²) in [4.78, 5) is 9.51. The Balaban J connectivity index is 1.92. The van der Waals surface area contributed by atoms with Crippen molar-refractivity contribution in [2.75, 3.05) is 0 Å². The maximum Gasteiger partial charge on any atom is 0.108 e. The molecule has 1 aliphatic heterocycles. The van der Waals surface area contributed by atoms with Crippen LogP contribution in [0.3, 0.4) is 0 Å². The standard InChI is InChI=1S/C17H14ClN3S/c1-2-16-20-13(10-22-16)17-15-7-4-8-21(15)14-6-3-5-12(18)11(14)9-19-17/h3-8,10H,2,9H2,1H3. The molecule has 0 unspecified atom stereocenters. The largest absolute Gasteiger partial charge is 0.315 e. The van der Waals surface area contributed by atoms with E-state index in [9.17, 15) is 0 Å². The number of thiazole rings is 1. The molecule has 3 aromatic rings. The lowest BCUT2D eigenvalue weighted by molar-refractivity contribution is 1.02. The topological polar surface area (TPSA) is 30.2 Å². The molecule has 0 spiro atoms. The maximum absolute atomic E-state index is 6.37. The molecule has 0 radical (unpaired) electrons. The quantitative estimate of drug-likeness (QED) is 0.681. The third-order valence-electron chi connectivity index (χ3n) is 3.84. The van der Waals surface area contributed by atoms with Crippen molar-refractivity contribution in [2.24, 2.45) is 4.99 Å². The molecule has 2 aromatic heterocycles. The summed E-state index contributed by atoms with van der Waals surface area (Å²) >= 11 is 8.06. The van der Waals surface area contributed by atoms with Crippen LogP contribution in [0.5, 0.6) is 0 Å². The molecular formula is C17H14ClN3S. The van der Waals surface area contributed by atoms with Crippen LogP contribution in [-0.2, 0) is 13.0 Å². The Hall–Kier alpha value is -1.91. The maximum atomic E-state index is 6.37. The zero-order chi connectivity index (χ0) is 15.1. The van der Waals surface area contributed by atoms with E-state index in [1.807, 2.05) is 18.2 Å². The fraction of sp³-hybridized carbons (Fsp3) is 0.176. The van der Waals surface area contributed by atoms with Crippen molar-refractivity contribution >= 4 is 28.6 Å². The lowest BCUT2D eigenvalue weighted by Gasteiger charge is -2.10. The minimum Gasteiger partial charge on any atom is -0.315 e. The van der Waals surface area contributed by atoms with Crippen LogP contribution in [0.25, 0.3) is 5.69 Å². The molecule has 0 saturated carbocycles. The summed E-state index contributed by atoms with van der Waals surface area (Å²) in [5.41, 5.74) is 5.10. The zero-order valence-corrected chi connectivity index (χ0v) is 13.7. The van der Waals surface area contributed by atoms with Gasteiger partial charge in [-0.2, -0.15) is 0 Å². The van der Waals surface area contributed by atoms with Crippen molar-refractivity contribution in [1.29, 1.82) is 0 Å². The molecule has 1 aromatic carbocycles. The number of rotatable bonds is 2. The van der Waals surface area contributed by atoms with E-state index in [0.717, 1.165) is 44.8 Å². The third kappa shape index (κ3) is 2.11. The minimum absolute atomic E-state index is 0.574. The van der Waals surface area contributed by atoms with E-state index in [-0.39, 0.29) is 0 Å². The summed E-state index contributed by atoms with van der Waals surface area (Å²) in [5, 5.41) is 3.98. The molecule has 0 amide bonds. The van der Waals surface area contributed by atoms with E-state index in [4.69, 9.17) is 21.6 Å². The SMILES string of the molecule is CCc1nc(C2=NCc3c(Cl)cccc3-n3cccc32)cs1. The van der Waals surface area contributed by atoms with E-state index in [1.165, 1.54) is 0 Å². The van der Waals surface area contributed by atoms with Gasteiger partial charge in [-0.25, -0.2) is 4.98 Å². The molecular weight excluding hydrogens is 314 g/mol. The number of aliphatic imine (C=N–C) groups is 1. The molecule has 110 valence electrons. The van der Waals surface area contributed by atoms with E-state index >= 15 is 0 Å². The second-order valence-electron chi connectivity index (χ2n) is 5.15. The second kappa shape index (κ2) is 5.38. The molecule has 1 aliphatic rings. The molecule has 3 heterocycles. The van der Waals surface area contributed by atoms with Crippen molar-refractivity contribution in [3.63, 3.8) is 0 Å². The first-order chi connectivity index (χ1) is 10.8. The van der Waals surface area contributed by atoms with Crippen molar-refractivity contribution in [2.45, 2.75) is 19.9 Å². The average molecular weight is 328 g/mol. The van der Waals surface area contributed by atoms with Gasteiger partial charge in [-0.3, -0.25) is 4.99 Å². The number of aromatic nitrogens is 2. The molecule has 5 heteroatoms. The van der Waals surface area contributed by atoms with Crippen molar-refractivity contribution < 1.29 is 0 Å². The number of hydrogen-bond acceptors (Lipinski definition) is 3. The van der Waals surface area contributed by atoms with Crippen LogP contribution in [0.2, 0.25) is 5.02 Å². The van der Waals surface area contributed by atoms with Gasteiger partial charge in [0.2, 0.25) is 0 Å². The number of nitrogens with zero attached hydrogens (tertiary/aromatic N) is 3. The third-order valence-corrected chi connectivity index (χ3v) is 5.18. The zero-order valence-electron chi connectivity index (χ0n) is 12.1. The van der Waals surface area contributed by atoms with Crippen LogP contribution in [-0.4, -0.2) is 15.3 Å². The van der Waals surface area contributed by atoms with E-state index in [2.05, 4.69) is 35.2 Å². The van der Waals surface area contributed by atoms with Gasteiger partial charge in [0.15, 0.2) is 0 Å². The van der Waals surface area contributed by atoms with E-state index in [1.54, 1.807) is 11.3 Å². The van der Waals surface area contributed by atoms with Gasteiger partial charge < -0.3 is 4.57 Å². The van der Waals surface area contributed by atoms with E-state index < -0.39 is 0 Å². The molecule has 0 N–H and O–H groups in total. The fourth-order valence-corrected chi connectivity index (χ4v) is 3.71. The summed E-state index contributed by atoms with van der Waals surface area (Å²) in [7, 11) is 0. The Morgan fingerprint density at radius 3 is 3.00 bits per heavy atom. The highest BCUT2D eigenvalue weighted by atomic mass is 35.5. The Labute approximate surface area is 137 Å². The van der Waals surface area contributed by atoms with E-state index in [0.29, 0.717) is 6.54 Å². The fourth-order valence-electron chi connectivity index (χ4n) is 2.75. The minimum atomic E-state index is 0.574. The number of fused-ring (bicyclic) bond motifs is 3. The summed E-state index contributed by atoms with van der Waals surface area (Å²) < 4.78 is 2.15. The first-order valence-electron chi connectivity index (χ1n) is 7.22. The van der Waals surface area contributed by atoms with Crippen LogP contribution in [0, 0.1) is 0 Å². The predicted octanol–water partition coefficient (Wildman–Crippen LogP) is 4.50. The Morgan fingerprint density at radius 1 is 1.27 bits per heavy atom. The second-order valence-corrected chi connectivity index (χ2v) is 6.50. The molecule has 0 fully saturated rings. The van der Waals surface area contributed by atoms with Crippen LogP contribution < -0.4 is 0 Å². The number of benzene rings is 1. The van der Waals surface area contributed by atoms with Gasteiger partial charge in [0.1, 0.15) is 11.4 Å². The van der Waals surface area contributed by atoms with Crippen molar-refractivity contribution in [1.82, 2.24) is 9.55 Å². The van der Waals surface area contributed by atoms with Gasteiger partial charge in [-0.15, -0.1) is 11.3 Å². The van der Waals surface area contributed by atoms with Crippen molar-refractivity contribution in [3.05, 3.63) is 68.9 Å². The van der Waals surface area contributed by atoms with Gasteiger partial charge in [0.05, 0.1) is 22.9 Å². The normalized spacial score (nSPS) is 13.3. The molecule has 3 nitrogen and oxygen atoms in total. The molecule has 0 saturated heterocycles. The Bertz CT molecular complexity index is 876. The molecule has 22 heavy (non-hydrogen) atoms. The molecule has 4 rings (SSSR count). The van der Waals surface area contributed by atoms with Gasteiger partial charge in [-0.05, 0) is 30.7 Å². The average Bonchev–Trinajstić information content (AvgIpc) is 3.16. The Kier molecular flexibility index (Phi) is 3.36. The highest BCUT2D eigenvalue weighted by Gasteiger charge is 2.21. The number of halogens is 1. The van der Waals surface area contributed by atoms with Crippen LogP contribution in [0.4, 0.5) is 0 Å². The summed E-state index contributed by atoms with van der Waals surface area (Å²) in [6.45, 7) is 2.70. The highest BCUT2D eigenvalue weighted by Crippen LogP contribution is 2.29. The summed E-state index contributed by atoms with van der Waals surface area (Å²) in [5.74, 6) is 0. The van der Waals surface area contributed by atoms with Crippen LogP contribution >= 0.6 is 22.9 Å². The number of aryl methyl sites for hydroxylation is 1. The lowest BCUT2D eigenvalue weighted by atomic mass is 10.1. The predicted molar refractivity (Wildman–Crippen MR) is 91.6 cm³/mol. The first kappa shape index (κ1) is 13.7. The highest BCUT2D eigenvalue weighted by molar-refractivity contribution is 7.09. The first-order valence-corrected chi connectivity index (χ1v) is 8.48. The monoisotopic (exact) mass is 327 g/mol. The molecule has 0 aliphatic carbocycles. The smallest absolute Gasteiger partial charge is 0.108 e. The van der Waals surface area contributed by atoms with Gasteiger partial charge in [-0.1, -0.05) is 24.6 Å².